The lowest BCUT2D eigenvalue weighted by molar-refractivity contribution is 0.409. The molecule has 0 aromatic rings. The van der Waals surface area contributed by atoms with Gasteiger partial charge in [0.25, 0.3) is 0 Å². The predicted octanol–water partition coefficient (Wildman–Crippen LogP) is 1.77. The zero-order valence-electron chi connectivity index (χ0n) is 6.33. The molecule has 0 fully saturated rings. The van der Waals surface area contributed by atoms with Crippen LogP contribution in [-0.4, -0.2) is 17.7 Å². The molecule has 0 radical (unpaired) electrons. The first-order valence-electron chi connectivity index (χ1n) is 3.01. The summed E-state index contributed by atoms with van der Waals surface area (Å²) >= 11 is 0. The zero-order chi connectivity index (χ0) is 8.15. The first-order chi connectivity index (χ1) is 4.57. The Bertz CT molecular complexity index is 170. The van der Waals surface area contributed by atoms with Crippen molar-refractivity contribution < 1.29 is 5.11 Å². The predicted molar refractivity (Wildman–Crippen MR) is 43.6 cm³/mol. The minimum Gasteiger partial charge on any atom is -0.494 e. The molecule has 0 aliphatic heterocycles. The molecule has 0 amide bonds. The van der Waals surface area contributed by atoms with Crippen molar-refractivity contribution in [2.75, 3.05) is 0 Å². The van der Waals surface area contributed by atoms with Gasteiger partial charge < -0.3 is 5.11 Å². The lowest BCUT2D eigenvalue weighted by Gasteiger charge is -2.01. The first kappa shape index (κ1) is 8.88. The second-order valence-corrected chi connectivity index (χ2v) is 2.20. The molecule has 56 valence electrons. The molecule has 3 nitrogen and oxygen atoms in total. The van der Waals surface area contributed by atoms with Crippen LogP contribution in [0.5, 0.6) is 0 Å². The summed E-state index contributed by atoms with van der Waals surface area (Å²) in [5, 5.41) is 8.63. The highest BCUT2D eigenvalue weighted by atomic mass is 16.3. The van der Waals surface area contributed by atoms with Crippen LogP contribution >= 0.6 is 0 Å². The third kappa shape index (κ3) is 3.02. The van der Waals surface area contributed by atoms with Crippen LogP contribution in [0.4, 0.5) is 0 Å². The number of aliphatic hydroxyl groups is 1. The van der Waals surface area contributed by atoms with Gasteiger partial charge in [0.2, 0.25) is 5.88 Å². The summed E-state index contributed by atoms with van der Waals surface area (Å²) in [6.07, 6.45) is 0. The summed E-state index contributed by atoms with van der Waals surface area (Å²) in [7, 11) is 0. The molecule has 0 aromatic heterocycles. The number of hydrogen-bond acceptors (Lipinski definition) is 2. The molecule has 3 heteroatoms. The summed E-state index contributed by atoms with van der Waals surface area (Å²) in [6.45, 7) is 10.3. The Morgan fingerprint density at radius 2 is 2.00 bits per heavy atom. The van der Waals surface area contributed by atoms with Crippen molar-refractivity contribution in [3.05, 3.63) is 12.5 Å². The lowest BCUT2D eigenvalue weighted by Crippen LogP contribution is -2.03. The third-order valence-corrected chi connectivity index (χ3v) is 0.922. The van der Waals surface area contributed by atoms with Crippen LogP contribution in [0, 0.1) is 5.92 Å². The standard InChI is InChI=1S/C7H12N2O/c1-5(2)7(8-4)9-6(3)10/h5,10H,3-4H2,1-2H3. The summed E-state index contributed by atoms with van der Waals surface area (Å²) in [5.74, 6) is 0.449. The van der Waals surface area contributed by atoms with Crippen LogP contribution in [-0.2, 0) is 0 Å². The van der Waals surface area contributed by atoms with E-state index in [1.165, 1.54) is 0 Å². The van der Waals surface area contributed by atoms with Gasteiger partial charge in [-0.25, -0.2) is 4.99 Å². The normalized spacial score (nSPS) is 11.7. The van der Waals surface area contributed by atoms with Gasteiger partial charge in [-0.3, -0.25) is 0 Å². The van der Waals surface area contributed by atoms with Crippen molar-refractivity contribution >= 4 is 12.6 Å². The van der Waals surface area contributed by atoms with Crippen LogP contribution in [0.2, 0.25) is 0 Å². The highest BCUT2D eigenvalue weighted by Gasteiger charge is 2.00. The molecule has 0 aliphatic carbocycles. The summed E-state index contributed by atoms with van der Waals surface area (Å²) in [6, 6.07) is 0. The van der Waals surface area contributed by atoms with Crippen LogP contribution < -0.4 is 0 Å². The minimum absolute atomic E-state index is 0.168. The van der Waals surface area contributed by atoms with E-state index in [4.69, 9.17) is 5.11 Å². The van der Waals surface area contributed by atoms with Crippen molar-refractivity contribution in [1.29, 1.82) is 0 Å². The maximum atomic E-state index is 8.63. The van der Waals surface area contributed by atoms with Gasteiger partial charge in [-0.1, -0.05) is 13.8 Å². The Hall–Kier alpha value is -1.12. The fourth-order valence-corrected chi connectivity index (χ4v) is 0.479. The molecular formula is C7H12N2O. The Morgan fingerprint density at radius 1 is 1.50 bits per heavy atom. The van der Waals surface area contributed by atoms with Crippen molar-refractivity contribution in [3.8, 4) is 0 Å². The van der Waals surface area contributed by atoms with Crippen LogP contribution in [0.1, 0.15) is 13.8 Å². The Morgan fingerprint density at radius 3 is 2.10 bits per heavy atom. The molecule has 0 atom stereocenters. The average molecular weight is 140 g/mol. The molecule has 0 aliphatic rings. The molecule has 0 unspecified atom stereocenters. The average Bonchev–Trinajstić information content (AvgIpc) is 1.81. The molecule has 0 saturated carbocycles. The number of nitrogens with zero attached hydrogens (tertiary/aromatic N) is 2. The van der Waals surface area contributed by atoms with Crippen molar-refractivity contribution in [2.45, 2.75) is 13.8 Å². The minimum atomic E-state index is -0.226. The highest BCUT2D eigenvalue weighted by Crippen LogP contribution is 2.00. The molecule has 0 rings (SSSR count). The maximum Gasteiger partial charge on any atom is 0.204 e. The highest BCUT2D eigenvalue weighted by molar-refractivity contribution is 5.88. The van der Waals surface area contributed by atoms with Crippen LogP contribution in [0.3, 0.4) is 0 Å². The number of aliphatic hydroxyl groups excluding tert-OH is 1. The monoisotopic (exact) mass is 140 g/mol. The van der Waals surface area contributed by atoms with E-state index < -0.39 is 0 Å². The van der Waals surface area contributed by atoms with E-state index >= 15 is 0 Å². The Labute approximate surface area is 60.8 Å². The van der Waals surface area contributed by atoms with Gasteiger partial charge in [0.05, 0.1) is 0 Å². The first-order valence-corrected chi connectivity index (χ1v) is 3.01. The van der Waals surface area contributed by atoms with E-state index in [0.717, 1.165) is 0 Å². The molecule has 0 spiro atoms. The Kier molecular flexibility index (Phi) is 3.39. The fourth-order valence-electron chi connectivity index (χ4n) is 0.479. The van der Waals surface area contributed by atoms with Crippen molar-refractivity contribution in [2.24, 2.45) is 15.9 Å². The van der Waals surface area contributed by atoms with E-state index in [9.17, 15) is 0 Å². The van der Waals surface area contributed by atoms with Crippen molar-refractivity contribution in [3.63, 3.8) is 0 Å². The van der Waals surface area contributed by atoms with Gasteiger partial charge in [0.15, 0.2) is 0 Å². The molecule has 0 bridgehead atoms. The lowest BCUT2D eigenvalue weighted by atomic mass is 10.2. The van der Waals surface area contributed by atoms with E-state index in [2.05, 4.69) is 23.3 Å². The molecule has 10 heavy (non-hydrogen) atoms. The fraction of sp³-hybridized carbons (Fsp3) is 0.429. The van der Waals surface area contributed by atoms with Gasteiger partial charge in [-0.2, -0.15) is 4.99 Å². The van der Waals surface area contributed by atoms with E-state index in [1.54, 1.807) is 0 Å². The smallest absolute Gasteiger partial charge is 0.204 e. The molecular weight excluding hydrogens is 128 g/mol. The van der Waals surface area contributed by atoms with Gasteiger partial charge in [0.1, 0.15) is 5.84 Å². The van der Waals surface area contributed by atoms with Crippen LogP contribution in [0.25, 0.3) is 0 Å². The zero-order valence-corrected chi connectivity index (χ0v) is 6.33. The molecule has 1 N–H and O–H groups in total. The third-order valence-electron chi connectivity index (χ3n) is 0.922. The number of rotatable bonds is 2. The van der Waals surface area contributed by atoms with Gasteiger partial charge in [0, 0.05) is 5.92 Å². The summed E-state index contributed by atoms with van der Waals surface area (Å²) in [5.41, 5.74) is 0. The van der Waals surface area contributed by atoms with E-state index in [0.29, 0.717) is 5.84 Å². The quantitative estimate of drug-likeness (QED) is 0.354. The van der Waals surface area contributed by atoms with E-state index in [1.807, 2.05) is 13.8 Å². The van der Waals surface area contributed by atoms with Crippen LogP contribution in [0.15, 0.2) is 22.4 Å². The van der Waals surface area contributed by atoms with E-state index in [-0.39, 0.29) is 11.8 Å². The Balaban J connectivity index is 4.33. The second-order valence-electron chi connectivity index (χ2n) is 2.20. The molecule has 0 heterocycles. The largest absolute Gasteiger partial charge is 0.494 e. The number of amidine groups is 1. The van der Waals surface area contributed by atoms with Gasteiger partial charge in [-0.15, -0.1) is 0 Å². The SMILES string of the molecule is C=NC(=NC(=C)O)C(C)C. The molecule has 0 saturated heterocycles. The second kappa shape index (κ2) is 3.82. The topological polar surface area (TPSA) is 45.0 Å². The maximum absolute atomic E-state index is 8.63. The van der Waals surface area contributed by atoms with Gasteiger partial charge in [-0.05, 0) is 13.3 Å². The summed E-state index contributed by atoms with van der Waals surface area (Å²) in [4.78, 5) is 7.25. The number of aliphatic imine (C=N–C) groups is 2. The summed E-state index contributed by atoms with van der Waals surface area (Å²) < 4.78 is 0. The molecule has 0 aromatic carbocycles. The number of hydrogen-bond donors (Lipinski definition) is 1. The van der Waals surface area contributed by atoms with Gasteiger partial charge >= 0.3 is 0 Å². The van der Waals surface area contributed by atoms with Crippen molar-refractivity contribution in [1.82, 2.24) is 0 Å².